The third-order valence-electron chi connectivity index (χ3n) is 7.36. The first kappa shape index (κ1) is 26.9. The summed E-state index contributed by atoms with van der Waals surface area (Å²) in [7, 11) is -3.30. The van der Waals surface area contributed by atoms with E-state index in [0.717, 1.165) is 81.5 Å². The van der Waals surface area contributed by atoms with Crippen LogP contribution in [0.1, 0.15) is 65.0 Å². The molecule has 1 saturated heterocycles. The highest BCUT2D eigenvalue weighted by atomic mass is 32.2. The van der Waals surface area contributed by atoms with Crippen LogP contribution in [0.5, 0.6) is 0 Å². The van der Waals surface area contributed by atoms with Crippen LogP contribution >= 0.6 is 11.3 Å². The van der Waals surface area contributed by atoms with Gasteiger partial charge in [0.25, 0.3) is 5.91 Å². The highest BCUT2D eigenvalue weighted by molar-refractivity contribution is 7.92. The highest BCUT2D eigenvalue weighted by Crippen LogP contribution is 2.29. The van der Waals surface area contributed by atoms with Crippen LogP contribution in [-0.2, 0) is 9.84 Å². The van der Waals surface area contributed by atoms with E-state index in [1.165, 1.54) is 12.1 Å². The number of rotatable bonds is 8. The minimum atomic E-state index is -3.30. The molecule has 0 unspecified atom stereocenters. The zero-order valence-electron chi connectivity index (χ0n) is 20.3. The third kappa shape index (κ3) is 6.77. The molecule has 10 heteroatoms. The number of nitrogens with zero attached hydrogens (tertiary/aromatic N) is 1. The number of likely N-dealkylation sites (tertiary alicyclic amines) is 1. The van der Waals surface area contributed by atoms with Gasteiger partial charge in [0.15, 0.2) is 15.6 Å². The van der Waals surface area contributed by atoms with Gasteiger partial charge in [-0.25, -0.2) is 17.2 Å². The minimum Gasteiger partial charge on any atom is -0.349 e. The second-order valence-corrected chi connectivity index (χ2v) is 13.3. The third-order valence-corrected chi connectivity index (χ3v) is 10.3. The van der Waals surface area contributed by atoms with Crippen molar-refractivity contribution in [3.05, 3.63) is 52.4 Å². The van der Waals surface area contributed by atoms with Crippen LogP contribution in [0.2, 0.25) is 0 Å². The van der Waals surface area contributed by atoms with Gasteiger partial charge in [0.05, 0.1) is 10.4 Å². The number of amides is 1. The van der Waals surface area contributed by atoms with Crippen LogP contribution < -0.4 is 5.32 Å². The summed E-state index contributed by atoms with van der Waals surface area (Å²) in [5.74, 6) is -1.55. The van der Waals surface area contributed by atoms with Crippen molar-refractivity contribution in [3.8, 4) is 0 Å². The fourth-order valence-corrected chi connectivity index (χ4v) is 7.02. The van der Waals surface area contributed by atoms with Gasteiger partial charge in [0, 0.05) is 24.3 Å². The number of thiophene rings is 1. The van der Waals surface area contributed by atoms with Gasteiger partial charge in [-0.05, 0) is 94.8 Å². The summed E-state index contributed by atoms with van der Waals surface area (Å²) in [6.07, 6.45) is 7.43. The van der Waals surface area contributed by atoms with Gasteiger partial charge in [-0.1, -0.05) is 0 Å². The summed E-state index contributed by atoms with van der Waals surface area (Å²) in [6.45, 7) is 2.54. The second-order valence-electron chi connectivity index (χ2n) is 9.97. The van der Waals surface area contributed by atoms with E-state index in [-0.39, 0.29) is 33.4 Å². The predicted octanol–water partition coefficient (Wildman–Crippen LogP) is 4.70. The Labute approximate surface area is 215 Å². The molecule has 1 N–H and O–H groups in total. The van der Waals surface area contributed by atoms with Crippen molar-refractivity contribution in [3.63, 3.8) is 0 Å². The fourth-order valence-electron chi connectivity index (χ4n) is 5.19. The maximum absolute atomic E-state index is 14.0. The monoisotopic (exact) mass is 538 g/mol. The number of nitrogens with one attached hydrogen (secondary N) is 1. The molecular weight excluding hydrogens is 506 g/mol. The van der Waals surface area contributed by atoms with Crippen molar-refractivity contribution in [1.29, 1.82) is 0 Å². The first-order valence-corrected chi connectivity index (χ1v) is 15.1. The van der Waals surface area contributed by atoms with Gasteiger partial charge in [0.2, 0.25) is 0 Å². The number of piperidine rings is 1. The lowest BCUT2D eigenvalue weighted by Crippen LogP contribution is -2.39. The Balaban J connectivity index is 1.16. The summed E-state index contributed by atoms with van der Waals surface area (Å²) < 4.78 is 50.6. The number of Topliss-reactive ketones (excluding diaryl/α,β-unsaturated/α-hetero) is 1. The summed E-state index contributed by atoms with van der Waals surface area (Å²) in [4.78, 5) is 27.9. The molecule has 1 aliphatic heterocycles. The molecule has 0 radical (unpaired) electrons. The predicted molar refractivity (Wildman–Crippen MR) is 135 cm³/mol. The van der Waals surface area contributed by atoms with Crippen molar-refractivity contribution in [2.75, 3.05) is 25.9 Å². The number of hydrogen-bond acceptors (Lipinski definition) is 6. The van der Waals surface area contributed by atoms with Gasteiger partial charge < -0.3 is 10.2 Å². The van der Waals surface area contributed by atoms with Crippen LogP contribution in [-0.4, -0.2) is 56.9 Å². The number of carbonyl (C=O) groups excluding carboxylic acids is 2. The van der Waals surface area contributed by atoms with E-state index >= 15 is 0 Å². The molecule has 4 rings (SSSR count). The first-order chi connectivity index (χ1) is 17.1. The lowest BCUT2D eigenvalue weighted by molar-refractivity contribution is 0.0828. The lowest BCUT2D eigenvalue weighted by Gasteiger charge is -2.34. The van der Waals surface area contributed by atoms with Gasteiger partial charge >= 0.3 is 0 Å². The minimum absolute atomic E-state index is 0.0198. The second kappa shape index (κ2) is 11.5. The van der Waals surface area contributed by atoms with Crippen molar-refractivity contribution in [2.45, 2.75) is 55.2 Å². The van der Waals surface area contributed by atoms with E-state index in [1.54, 1.807) is 6.07 Å². The van der Waals surface area contributed by atoms with Crippen LogP contribution in [0, 0.1) is 23.5 Å². The Morgan fingerprint density at radius 2 is 1.72 bits per heavy atom. The number of carbonyl (C=O) groups is 2. The average molecular weight is 539 g/mol. The quantitative estimate of drug-likeness (QED) is 0.493. The smallest absolute Gasteiger partial charge is 0.261 e. The van der Waals surface area contributed by atoms with Crippen molar-refractivity contribution >= 4 is 32.9 Å². The number of halogens is 2. The Morgan fingerprint density at radius 1 is 1.03 bits per heavy atom. The number of ketones is 1. The molecule has 196 valence electrons. The van der Waals surface area contributed by atoms with Crippen LogP contribution in [0.3, 0.4) is 0 Å². The topological polar surface area (TPSA) is 83.6 Å². The Bertz CT molecular complexity index is 1200. The largest absolute Gasteiger partial charge is 0.349 e. The fraction of sp³-hybridized carbons (Fsp3) is 0.538. The first-order valence-electron chi connectivity index (χ1n) is 12.4. The van der Waals surface area contributed by atoms with Crippen molar-refractivity contribution in [2.24, 2.45) is 11.8 Å². The number of hydrogen-bond donors (Lipinski definition) is 1. The number of benzene rings is 1. The average Bonchev–Trinajstić information content (AvgIpc) is 3.35. The lowest BCUT2D eigenvalue weighted by atomic mass is 9.83. The zero-order chi connectivity index (χ0) is 25.9. The van der Waals surface area contributed by atoms with Gasteiger partial charge in [-0.15, -0.1) is 11.3 Å². The Kier molecular flexibility index (Phi) is 8.57. The summed E-state index contributed by atoms with van der Waals surface area (Å²) >= 11 is 1.00. The molecule has 2 heterocycles. The summed E-state index contributed by atoms with van der Waals surface area (Å²) in [6, 6.07) is 6.28. The SMILES string of the molecule is CS(=O)(=O)c1ccc(C(=O)NC2CCC(CCN3CCC(C(=O)c4ccc(F)cc4F)CC3)CC2)s1. The molecule has 1 saturated carbocycles. The number of sulfone groups is 1. The van der Waals surface area contributed by atoms with E-state index in [1.807, 2.05) is 0 Å². The van der Waals surface area contributed by atoms with Crippen molar-refractivity contribution < 1.29 is 26.8 Å². The summed E-state index contributed by atoms with van der Waals surface area (Å²) in [5.41, 5.74) is -0.0198. The molecule has 1 aromatic heterocycles. The molecule has 2 aliphatic rings. The van der Waals surface area contributed by atoms with Crippen LogP contribution in [0.4, 0.5) is 8.78 Å². The van der Waals surface area contributed by atoms with E-state index < -0.39 is 21.5 Å². The molecule has 2 aromatic rings. The van der Waals surface area contributed by atoms with Gasteiger partial charge in [-0.3, -0.25) is 9.59 Å². The molecule has 0 bridgehead atoms. The van der Waals surface area contributed by atoms with Crippen LogP contribution in [0.25, 0.3) is 0 Å². The molecule has 2 fully saturated rings. The molecule has 1 aliphatic carbocycles. The maximum Gasteiger partial charge on any atom is 0.261 e. The molecule has 36 heavy (non-hydrogen) atoms. The van der Waals surface area contributed by atoms with Gasteiger partial charge in [0.1, 0.15) is 15.8 Å². The molecule has 0 atom stereocenters. The Morgan fingerprint density at radius 3 is 2.33 bits per heavy atom. The molecule has 6 nitrogen and oxygen atoms in total. The highest BCUT2D eigenvalue weighted by Gasteiger charge is 2.29. The Hall–Kier alpha value is -2.17. The molecule has 0 spiro atoms. The van der Waals surface area contributed by atoms with Crippen LogP contribution in [0.15, 0.2) is 34.5 Å². The van der Waals surface area contributed by atoms with Gasteiger partial charge in [-0.2, -0.15) is 0 Å². The van der Waals surface area contributed by atoms with E-state index in [2.05, 4.69) is 10.2 Å². The van der Waals surface area contributed by atoms with E-state index in [4.69, 9.17) is 0 Å². The van der Waals surface area contributed by atoms with E-state index in [0.29, 0.717) is 23.6 Å². The maximum atomic E-state index is 14.0. The molecule has 1 amide bonds. The standard InChI is InChI=1S/C26H32F2N2O4S2/c1-36(33,34)24-9-8-23(35-24)26(32)29-20-5-2-17(3-6-20)10-13-30-14-11-18(12-15-30)25(31)21-7-4-19(27)16-22(21)28/h4,7-9,16-18,20H,2-3,5-6,10-15H2,1H3,(H,29,32). The summed E-state index contributed by atoms with van der Waals surface area (Å²) in [5, 5.41) is 3.05. The zero-order valence-corrected chi connectivity index (χ0v) is 22.0. The van der Waals surface area contributed by atoms with Crippen molar-refractivity contribution in [1.82, 2.24) is 10.2 Å². The molecular formula is C26H32F2N2O4S2. The van der Waals surface area contributed by atoms with E-state index in [9.17, 15) is 26.8 Å². The molecule has 1 aromatic carbocycles. The normalized spacial score (nSPS) is 21.9.